The van der Waals surface area contributed by atoms with Crippen LogP contribution in [0.4, 0.5) is 5.69 Å². The number of nitrogens with zero attached hydrogens (tertiary/aromatic N) is 2. The second kappa shape index (κ2) is 9.06. The lowest BCUT2D eigenvalue weighted by atomic mass is 10.1. The van der Waals surface area contributed by atoms with Crippen LogP contribution in [0.25, 0.3) is 0 Å². The fourth-order valence-corrected chi connectivity index (χ4v) is 3.91. The normalized spacial score (nSPS) is 15.7. The van der Waals surface area contributed by atoms with Gasteiger partial charge in [-0.05, 0) is 48.9 Å². The topological polar surface area (TPSA) is 66.9 Å². The molecule has 3 aromatic rings. The van der Waals surface area contributed by atoms with Crippen LogP contribution in [0.3, 0.4) is 0 Å². The lowest BCUT2D eigenvalue weighted by molar-refractivity contribution is -0.122. The molecule has 3 aromatic carbocycles. The van der Waals surface area contributed by atoms with Crippen LogP contribution < -0.4 is 9.64 Å². The maximum absolute atomic E-state index is 13.5. The summed E-state index contributed by atoms with van der Waals surface area (Å²) < 4.78 is 5.16. The van der Waals surface area contributed by atoms with Gasteiger partial charge in [-0.2, -0.15) is 0 Å². The third kappa shape index (κ3) is 4.25. The summed E-state index contributed by atoms with van der Waals surface area (Å²) >= 11 is 0. The summed E-state index contributed by atoms with van der Waals surface area (Å²) in [5.74, 6) is -0.387. The zero-order valence-electron chi connectivity index (χ0n) is 18.0. The fraction of sp³-hybridized carbons (Fsp3) is 0.192. The summed E-state index contributed by atoms with van der Waals surface area (Å²) in [6, 6.07) is 22.6. The van der Waals surface area contributed by atoms with Gasteiger partial charge in [-0.25, -0.2) is 4.90 Å². The molecule has 1 unspecified atom stereocenters. The number of hydrogen-bond donors (Lipinski definition) is 0. The molecule has 162 valence electrons. The molecule has 4 rings (SSSR count). The Labute approximate surface area is 187 Å². The van der Waals surface area contributed by atoms with Gasteiger partial charge in [0.2, 0.25) is 5.91 Å². The van der Waals surface area contributed by atoms with Crippen molar-refractivity contribution >= 4 is 23.4 Å². The largest absolute Gasteiger partial charge is 0.497 e. The van der Waals surface area contributed by atoms with E-state index in [0.29, 0.717) is 17.0 Å². The predicted molar refractivity (Wildman–Crippen MR) is 121 cm³/mol. The molecular formula is C26H24N2O4. The van der Waals surface area contributed by atoms with E-state index in [0.717, 1.165) is 16.0 Å². The Morgan fingerprint density at radius 3 is 2.38 bits per heavy atom. The number of imide groups is 1. The molecule has 1 heterocycles. The van der Waals surface area contributed by atoms with Gasteiger partial charge >= 0.3 is 0 Å². The van der Waals surface area contributed by atoms with E-state index in [1.165, 1.54) is 4.90 Å². The summed E-state index contributed by atoms with van der Waals surface area (Å²) in [6.45, 7) is 2.14. The molecule has 1 fully saturated rings. The van der Waals surface area contributed by atoms with Gasteiger partial charge in [-0.1, -0.05) is 48.0 Å². The smallest absolute Gasteiger partial charge is 0.257 e. The summed E-state index contributed by atoms with van der Waals surface area (Å²) in [5.41, 5.74) is 2.79. The van der Waals surface area contributed by atoms with Gasteiger partial charge in [0.1, 0.15) is 11.8 Å². The predicted octanol–water partition coefficient (Wildman–Crippen LogP) is 3.98. The average Bonchev–Trinajstić information content (AvgIpc) is 3.11. The molecule has 0 radical (unpaired) electrons. The standard InChI is InChI=1S/C26H24N2O4/c1-18-7-6-10-20(15-18)25(30)27(17-19-8-4-3-5-9-19)23-16-24(29)28(26(23)31)21-11-13-22(32-2)14-12-21/h3-15,23H,16-17H2,1-2H3. The van der Waals surface area contributed by atoms with Gasteiger partial charge in [0, 0.05) is 12.1 Å². The van der Waals surface area contributed by atoms with Crippen molar-refractivity contribution in [2.75, 3.05) is 12.0 Å². The number of hydrogen-bond acceptors (Lipinski definition) is 4. The SMILES string of the molecule is COc1ccc(N2C(=O)CC(N(Cc3ccccc3)C(=O)c3cccc(C)c3)C2=O)cc1. The number of anilines is 1. The highest BCUT2D eigenvalue weighted by Crippen LogP contribution is 2.29. The number of rotatable bonds is 6. The molecule has 0 spiro atoms. The minimum absolute atomic E-state index is 0.0603. The molecule has 0 saturated carbocycles. The van der Waals surface area contributed by atoms with Crippen molar-refractivity contribution in [1.29, 1.82) is 0 Å². The fourth-order valence-electron chi connectivity index (χ4n) is 3.91. The van der Waals surface area contributed by atoms with E-state index in [4.69, 9.17) is 4.74 Å². The first kappa shape index (κ1) is 21.3. The quantitative estimate of drug-likeness (QED) is 0.557. The van der Waals surface area contributed by atoms with Crippen molar-refractivity contribution in [1.82, 2.24) is 4.90 Å². The molecule has 6 heteroatoms. The van der Waals surface area contributed by atoms with Crippen LogP contribution in [0.1, 0.15) is 27.9 Å². The first-order chi connectivity index (χ1) is 15.5. The zero-order chi connectivity index (χ0) is 22.7. The van der Waals surface area contributed by atoms with Gasteiger partial charge in [0.05, 0.1) is 19.2 Å². The molecular weight excluding hydrogens is 404 g/mol. The number of carbonyl (C=O) groups excluding carboxylic acids is 3. The second-order valence-electron chi connectivity index (χ2n) is 7.77. The summed E-state index contributed by atoms with van der Waals surface area (Å²) in [5, 5.41) is 0. The van der Waals surface area contributed by atoms with E-state index < -0.39 is 11.9 Å². The molecule has 3 amide bonds. The Hall–Kier alpha value is -3.93. The average molecular weight is 428 g/mol. The van der Waals surface area contributed by atoms with Gasteiger partial charge in [-0.15, -0.1) is 0 Å². The first-order valence-corrected chi connectivity index (χ1v) is 10.4. The van der Waals surface area contributed by atoms with Gasteiger partial charge < -0.3 is 9.64 Å². The molecule has 1 saturated heterocycles. The third-order valence-electron chi connectivity index (χ3n) is 5.55. The Morgan fingerprint density at radius 2 is 1.72 bits per heavy atom. The van der Waals surface area contributed by atoms with E-state index in [-0.39, 0.29) is 24.8 Å². The summed E-state index contributed by atoms with van der Waals surface area (Å²) in [7, 11) is 1.55. The van der Waals surface area contributed by atoms with Crippen molar-refractivity contribution in [3.05, 3.63) is 95.6 Å². The molecule has 0 bridgehead atoms. The van der Waals surface area contributed by atoms with Gasteiger partial charge in [0.15, 0.2) is 0 Å². The van der Waals surface area contributed by atoms with Crippen molar-refractivity contribution in [2.45, 2.75) is 25.9 Å². The second-order valence-corrected chi connectivity index (χ2v) is 7.77. The van der Waals surface area contributed by atoms with Crippen LogP contribution in [0.2, 0.25) is 0 Å². The molecule has 0 aromatic heterocycles. The molecule has 0 N–H and O–H groups in total. The summed E-state index contributed by atoms with van der Waals surface area (Å²) in [6.07, 6.45) is -0.0603. The first-order valence-electron chi connectivity index (χ1n) is 10.4. The highest BCUT2D eigenvalue weighted by molar-refractivity contribution is 6.23. The van der Waals surface area contributed by atoms with E-state index in [2.05, 4.69) is 0 Å². The Kier molecular flexibility index (Phi) is 6.03. The molecule has 1 aliphatic rings. The zero-order valence-corrected chi connectivity index (χ0v) is 18.0. The van der Waals surface area contributed by atoms with Crippen LogP contribution in [-0.4, -0.2) is 35.8 Å². The van der Waals surface area contributed by atoms with Crippen LogP contribution >= 0.6 is 0 Å². The molecule has 0 aliphatic carbocycles. The van der Waals surface area contributed by atoms with Crippen LogP contribution in [0.15, 0.2) is 78.9 Å². The molecule has 6 nitrogen and oxygen atoms in total. The monoisotopic (exact) mass is 428 g/mol. The molecule has 1 aliphatic heterocycles. The van der Waals surface area contributed by atoms with E-state index in [1.54, 1.807) is 43.5 Å². The molecule has 32 heavy (non-hydrogen) atoms. The molecule has 1 atom stereocenters. The van der Waals surface area contributed by atoms with Crippen molar-refractivity contribution in [3.63, 3.8) is 0 Å². The number of ether oxygens (including phenoxy) is 1. The van der Waals surface area contributed by atoms with E-state index in [9.17, 15) is 14.4 Å². The highest BCUT2D eigenvalue weighted by atomic mass is 16.5. The highest BCUT2D eigenvalue weighted by Gasteiger charge is 2.44. The lowest BCUT2D eigenvalue weighted by Crippen LogP contribution is -2.45. The third-order valence-corrected chi connectivity index (χ3v) is 5.55. The van der Waals surface area contributed by atoms with Crippen LogP contribution in [-0.2, 0) is 16.1 Å². The maximum Gasteiger partial charge on any atom is 0.257 e. The Balaban J connectivity index is 1.67. The minimum Gasteiger partial charge on any atom is -0.497 e. The minimum atomic E-state index is -0.877. The van der Waals surface area contributed by atoms with Gasteiger partial charge in [-0.3, -0.25) is 14.4 Å². The number of methoxy groups -OCH3 is 1. The van der Waals surface area contributed by atoms with Crippen molar-refractivity contribution in [3.8, 4) is 5.75 Å². The van der Waals surface area contributed by atoms with Crippen LogP contribution in [0, 0.1) is 6.92 Å². The number of aryl methyl sites for hydroxylation is 1. The lowest BCUT2D eigenvalue weighted by Gasteiger charge is -2.28. The number of amides is 3. The number of benzene rings is 3. The summed E-state index contributed by atoms with van der Waals surface area (Å²) in [4.78, 5) is 42.4. The number of carbonyl (C=O) groups is 3. The van der Waals surface area contributed by atoms with Crippen molar-refractivity contribution in [2.24, 2.45) is 0 Å². The van der Waals surface area contributed by atoms with E-state index >= 15 is 0 Å². The van der Waals surface area contributed by atoms with Crippen molar-refractivity contribution < 1.29 is 19.1 Å². The van der Waals surface area contributed by atoms with Crippen LogP contribution in [0.5, 0.6) is 5.75 Å². The van der Waals surface area contributed by atoms with Gasteiger partial charge in [0.25, 0.3) is 11.8 Å². The Bertz CT molecular complexity index is 1140. The Morgan fingerprint density at radius 1 is 1.00 bits per heavy atom. The maximum atomic E-state index is 13.5. The van der Waals surface area contributed by atoms with E-state index in [1.807, 2.05) is 49.4 Å².